The largest absolute Gasteiger partial charge is 0.317 e. The summed E-state index contributed by atoms with van der Waals surface area (Å²) in [6, 6.07) is 28.8. The van der Waals surface area contributed by atoms with Crippen molar-refractivity contribution in [3.05, 3.63) is 114 Å². The molecule has 1 unspecified atom stereocenters. The van der Waals surface area contributed by atoms with Gasteiger partial charge in [0.25, 0.3) is 0 Å². The van der Waals surface area contributed by atoms with Crippen molar-refractivity contribution >= 4 is 45.8 Å². The summed E-state index contributed by atoms with van der Waals surface area (Å²) >= 11 is 6.84. The summed E-state index contributed by atoms with van der Waals surface area (Å²) in [6.45, 7) is 6.43. The predicted molar refractivity (Wildman–Crippen MR) is 150 cm³/mol. The van der Waals surface area contributed by atoms with Gasteiger partial charge in [0.2, 0.25) is 0 Å². The number of aromatic nitrogens is 3. The molecule has 1 atom stereocenters. The maximum Gasteiger partial charge on any atom is 0.165 e. The van der Waals surface area contributed by atoms with Crippen LogP contribution >= 0.6 is 6.04 Å². The average Bonchev–Trinajstić information content (AvgIpc) is 3.31. The minimum Gasteiger partial charge on any atom is -0.317 e. The Hall–Kier alpha value is -3.53. The standard InChI is InChI=1S/C29H25N4PS/c1-20-27-29(33(31-20)24-15-9-5-10-16-24)30-19-26-21(2)32(23-13-7-4-8-14-23)22(3)28(26)34(27,35)25-17-11-6-12-18-25/h4-19H,1-3H3. The van der Waals surface area contributed by atoms with Crippen molar-refractivity contribution in [2.75, 3.05) is 0 Å². The van der Waals surface area contributed by atoms with E-state index in [9.17, 15) is 0 Å². The zero-order valence-corrected chi connectivity index (χ0v) is 21.6. The normalized spacial score (nSPS) is 16.5. The lowest BCUT2D eigenvalue weighted by molar-refractivity contribution is 0.863. The summed E-state index contributed by atoms with van der Waals surface area (Å²) in [5.41, 5.74) is 6.49. The number of aliphatic imine (C=N–C) groups is 1. The lowest BCUT2D eigenvalue weighted by Gasteiger charge is -2.24. The molecule has 6 heteroatoms. The van der Waals surface area contributed by atoms with Crippen LogP contribution in [0.3, 0.4) is 0 Å². The first-order valence-corrected chi connectivity index (χ1v) is 14.4. The molecule has 35 heavy (non-hydrogen) atoms. The maximum atomic E-state index is 6.84. The molecule has 3 heterocycles. The fourth-order valence-electron chi connectivity index (χ4n) is 5.23. The molecule has 1 aliphatic rings. The van der Waals surface area contributed by atoms with Crippen LogP contribution in [-0.4, -0.2) is 20.6 Å². The Morgan fingerprint density at radius 1 is 0.686 bits per heavy atom. The van der Waals surface area contributed by atoms with Gasteiger partial charge in [-0.2, -0.15) is 5.10 Å². The summed E-state index contributed by atoms with van der Waals surface area (Å²) in [5, 5.41) is 8.41. The van der Waals surface area contributed by atoms with Gasteiger partial charge in [0.05, 0.1) is 16.7 Å². The van der Waals surface area contributed by atoms with E-state index in [1.54, 1.807) is 0 Å². The highest BCUT2D eigenvalue weighted by atomic mass is 32.4. The van der Waals surface area contributed by atoms with Gasteiger partial charge < -0.3 is 4.57 Å². The van der Waals surface area contributed by atoms with E-state index in [4.69, 9.17) is 21.9 Å². The van der Waals surface area contributed by atoms with Gasteiger partial charge in [0.15, 0.2) is 5.82 Å². The van der Waals surface area contributed by atoms with E-state index in [0.29, 0.717) is 0 Å². The second kappa shape index (κ2) is 8.30. The number of hydrogen-bond acceptors (Lipinski definition) is 3. The van der Waals surface area contributed by atoms with Crippen LogP contribution in [0, 0.1) is 20.8 Å². The number of aryl methyl sites for hydroxylation is 1. The molecular formula is C29H25N4PS. The highest BCUT2D eigenvalue weighted by Gasteiger charge is 2.39. The average molecular weight is 493 g/mol. The van der Waals surface area contributed by atoms with E-state index in [0.717, 1.165) is 44.8 Å². The number of rotatable bonds is 3. The zero-order chi connectivity index (χ0) is 24.2. The van der Waals surface area contributed by atoms with Crippen LogP contribution < -0.4 is 15.9 Å². The molecule has 0 aliphatic carbocycles. The van der Waals surface area contributed by atoms with E-state index >= 15 is 0 Å². The molecule has 0 amide bonds. The smallest absolute Gasteiger partial charge is 0.165 e. The summed E-state index contributed by atoms with van der Waals surface area (Å²) in [7, 11) is 0. The van der Waals surface area contributed by atoms with Crippen molar-refractivity contribution in [1.29, 1.82) is 0 Å². The summed E-state index contributed by atoms with van der Waals surface area (Å²) in [5.74, 6) is 0.835. The van der Waals surface area contributed by atoms with Crippen molar-refractivity contribution in [3.8, 4) is 11.4 Å². The first-order valence-electron chi connectivity index (χ1n) is 11.6. The Balaban J connectivity index is 1.73. The van der Waals surface area contributed by atoms with Gasteiger partial charge in [-0.3, -0.25) is 0 Å². The number of para-hydroxylation sites is 2. The van der Waals surface area contributed by atoms with Crippen molar-refractivity contribution in [1.82, 2.24) is 14.3 Å². The quantitative estimate of drug-likeness (QED) is 0.310. The lowest BCUT2D eigenvalue weighted by atomic mass is 10.2. The van der Waals surface area contributed by atoms with Crippen molar-refractivity contribution < 1.29 is 0 Å². The number of fused-ring (bicyclic) bond motifs is 2. The molecule has 1 aliphatic heterocycles. The Morgan fingerprint density at radius 2 is 1.26 bits per heavy atom. The number of benzene rings is 3. The molecule has 6 rings (SSSR count). The van der Waals surface area contributed by atoms with E-state index in [2.05, 4.69) is 92.1 Å². The van der Waals surface area contributed by atoms with Crippen LogP contribution in [0.5, 0.6) is 0 Å². The maximum absolute atomic E-state index is 6.84. The Morgan fingerprint density at radius 3 is 1.89 bits per heavy atom. The second-order valence-corrected chi connectivity index (χ2v) is 13.1. The fourth-order valence-corrected chi connectivity index (χ4v) is 10.3. The van der Waals surface area contributed by atoms with Gasteiger partial charge >= 0.3 is 0 Å². The van der Waals surface area contributed by atoms with E-state index < -0.39 is 6.04 Å². The highest BCUT2D eigenvalue weighted by Crippen LogP contribution is 2.50. The minimum absolute atomic E-state index is 0.835. The molecular weight excluding hydrogens is 467 g/mol. The molecule has 3 aromatic carbocycles. The molecule has 0 bridgehead atoms. The highest BCUT2D eigenvalue weighted by molar-refractivity contribution is 8.25. The van der Waals surface area contributed by atoms with Gasteiger partial charge in [0, 0.05) is 40.2 Å². The van der Waals surface area contributed by atoms with E-state index in [1.165, 1.54) is 11.0 Å². The number of hydrogen-bond donors (Lipinski definition) is 0. The van der Waals surface area contributed by atoms with Crippen molar-refractivity contribution in [3.63, 3.8) is 0 Å². The SMILES string of the molecule is Cc1nn(-c2ccccc2)c2c1P(=S)(c1ccccc1)c1c(c(C)n(-c3ccccc3)c1C)C=N2. The molecule has 0 spiro atoms. The van der Waals surface area contributed by atoms with E-state index in [1.807, 2.05) is 35.2 Å². The van der Waals surface area contributed by atoms with Gasteiger partial charge in [-0.1, -0.05) is 78.5 Å². The topological polar surface area (TPSA) is 35.1 Å². The van der Waals surface area contributed by atoms with Gasteiger partial charge in [-0.15, -0.1) is 0 Å². The second-order valence-electron chi connectivity index (χ2n) is 8.81. The molecule has 0 saturated heterocycles. The van der Waals surface area contributed by atoms with Crippen LogP contribution in [0.4, 0.5) is 5.82 Å². The molecule has 0 N–H and O–H groups in total. The predicted octanol–water partition coefficient (Wildman–Crippen LogP) is 5.41. The van der Waals surface area contributed by atoms with Gasteiger partial charge in [0.1, 0.15) is 0 Å². The fraction of sp³-hybridized carbons (Fsp3) is 0.103. The van der Waals surface area contributed by atoms with Gasteiger partial charge in [-0.05, 0) is 50.3 Å². The summed E-state index contributed by atoms with van der Waals surface area (Å²) in [4.78, 5) is 5.08. The molecule has 0 fully saturated rings. The third kappa shape index (κ3) is 3.23. The van der Waals surface area contributed by atoms with Crippen LogP contribution in [0.15, 0.2) is 96.0 Å². The Bertz CT molecular complexity index is 1630. The van der Waals surface area contributed by atoms with Gasteiger partial charge in [-0.25, -0.2) is 9.67 Å². The Kier molecular flexibility index (Phi) is 5.21. The first-order chi connectivity index (χ1) is 17.0. The molecule has 5 aromatic rings. The zero-order valence-electron chi connectivity index (χ0n) is 19.9. The van der Waals surface area contributed by atoms with E-state index in [-0.39, 0.29) is 0 Å². The van der Waals surface area contributed by atoms with Crippen LogP contribution in [-0.2, 0) is 11.8 Å². The molecule has 0 radical (unpaired) electrons. The van der Waals surface area contributed by atoms with Crippen LogP contribution in [0.25, 0.3) is 11.4 Å². The lowest BCUT2D eigenvalue weighted by Crippen LogP contribution is -2.28. The summed E-state index contributed by atoms with van der Waals surface area (Å²) in [6.07, 6.45) is 2.01. The van der Waals surface area contributed by atoms with Crippen LogP contribution in [0.2, 0.25) is 0 Å². The first kappa shape index (κ1) is 22.0. The molecule has 2 aromatic heterocycles. The van der Waals surface area contributed by atoms with Crippen molar-refractivity contribution in [2.24, 2.45) is 4.99 Å². The molecule has 0 saturated carbocycles. The van der Waals surface area contributed by atoms with Crippen LogP contribution in [0.1, 0.15) is 22.6 Å². The third-order valence-electron chi connectivity index (χ3n) is 6.74. The Labute approximate surface area is 210 Å². The minimum atomic E-state index is -2.49. The number of nitrogens with zero attached hydrogens (tertiary/aromatic N) is 4. The molecule has 172 valence electrons. The molecule has 4 nitrogen and oxygen atoms in total. The monoisotopic (exact) mass is 492 g/mol. The third-order valence-corrected chi connectivity index (χ3v) is 11.8. The van der Waals surface area contributed by atoms with Crippen molar-refractivity contribution in [2.45, 2.75) is 20.8 Å². The summed E-state index contributed by atoms with van der Waals surface area (Å²) < 4.78 is 4.27.